The summed E-state index contributed by atoms with van der Waals surface area (Å²) in [7, 11) is 0. The number of anilines is 2. The van der Waals surface area contributed by atoms with Crippen molar-refractivity contribution in [2.24, 2.45) is 0 Å². The first-order valence-electron chi connectivity index (χ1n) is 15.8. The molecule has 0 radical (unpaired) electrons. The van der Waals surface area contributed by atoms with Crippen LogP contribution in [0.25, 0.3) is 22.1 Å². The van der Waals surface area contributed by atoms with E-state index in [1.54, 1.807) is 21.5 Å². The highest BCUT2D eigenvalue weighted by Crippen LogP contribution is 2.26. The maximum absolute atomic E-state index is 13.3. The number of carbonyl (C=O) groups is 2. The van der Waals surface area contributed by atoms with Crippen molar-refractivity contribution >= 4 is 45.8 Å². The molecule has 0 unspecified atom stereocenters. The van der Waals surface area contributed by atoms with Gasteiger partial charge < -0.3 is 9.13 Å². The van der Waals surface area contributed by atoms with Gasteiger partial charge in [0.2, 0.25) is 11.9 Å². The number of imidazole rings is 2. The molecule has 0 aliphatic heterocycles. The van der Waals surface area contributed by atoms with E-state index in [1.165, 1.54) is 0 Å². The van der Waals surface area contributed by atoms with Crippen LogP contribution >= 0.6 is 0 Å². The zero-order chi connectivity index (χ0) is 32.5. The first-order chi connectivity index (χ1) is 22.2. The highest BCUT2D eigenvalue weighted by molar-refractivity contribution is 6.04. The molecule has 6 rings (SSSR count). The Balaban J connectivity index is 1.23. The maximum Gasteiger partial charge on any atom is 0.276 e. The number of hydrogen-bond donors (Lipinski definition) is 2. The van der Waals surface area contributed by atoms with Gasteiger partial charge in [-0.25, -0.2) is 9.97 Å². The number of benzene rings is 2. The molecule has 0 bridgehead atoms. The Kier molecular flexibility index (Phi) is 8.44. The van der Waals surface area contributed by atoms with E-state index in [4.69, 9.17) is 9.97 Å². The van der Waals surface area contributed by atoms with E-state index < -0.39 is 0 Å². The maximum atomic E-state index is 13.3. The third kappa shape index (κ3) is 5.90. The lowest BCUT2D eigenvalue weighted by Crippen LogP contribution is -2.20. The predicted octanol–water partition coefficient (Wildman–Crippen LogP) is 6.04. The third-order valence-corrected chi connectivity index (χ3v) is 8.22. The number of unbranched alkanes of at least 4 members (excludes halogenated alkanes) is 1. The van der Waals surface area contributed by atoms with E-state index in [0.717, 1.165) is 57.4 Å². The highest BCUT2D eigenvalue weighted by Gasteiger charge is 2.20. The fourth-order valence-electron chi connectivity index (χ4n) is 5.98. The quantitative estimate of drug-likeness (QED) is 0.170. The molecule has 0 aliphatic rings. The lowest BCUT2D eigenvalue weighted by Gasteiger charge is -2.13. The molecular formula is C34H40N10O2. The molecule has 0 fully saturated rings. The molecule has 0 aliphatic carbocycles. The van der Waals surface area contributed by atoms with Gasteiger partial charge in [-0.2, -0.15) is 10.2 Å². The molecule has 2 amide bonds. The molecule has 238 valence electrons. The van der Waals surface area contributed by atoms with Crippen molar-refractivity contribution in [2.75, 3.05) is 10.6 Å². The van der Waals surface area contributed by atoms with Gasteiger partial charge in [-0.3, -0.25) is 29.6 Å². The Morgan fingerprint density at radius 3 is 1.85 bits per heavy atom. The molecule has 4 aromatic heterocycles. The summed E-state index contributed by atoms with van der Waals surface area (Å²) in [5.41, 5.74) is 8.35. The molecule has 4 heterocycles. The summed E-state index contributed by atoms with van der Waals surface area (Å²) in [6.45, 7) is 14.2. The fourth-order valence-corrected chi connectivity index (χ4v) is 5.98. The van der Waals surface area contributed by atoms with Gasteiger partial charge in [-0.05, 0) is 95.8 Å². The lowest BCUT2D eigenvalue weighted by atomic mass is 10.2. The van der Waals surface area contributed by atoms with Crippen molar-refractivity contribution < 1.29 is 9.59 Å². The molecule has 46 heavy (non-hydrogen) atoms. The number of carbonyl (C=O) groups excluding carboxylic acids is 2. The lowest BCUT2D eigenvalue weighted by molar-refractivity contribution is 0.100. The van der Waals surface area contributed by atoms with Gasteiger partial charge in [0, 0.05) is 26.2 Å². The van der Waals surface area contributed by atoms with Gasteiger partial charge in [0.1, 0.15) is 11.4 Å². The minimum Gasteiger partial charge on any atom is -0.310 e. The summed E-state index contributed by atoms with van der Waals surface area (Å²) in [6, 6.07) is 15.8. The minimum absolute atomic E-state index is 0.239. The number of amides is 2. The summed E-state index contributed by atoms with van der Waals surface area (Å²) < 4.78 is 7.55. The van der Waals surface area contributed by atoms with Crippen molar-refractivity contribution in [3.63, 3.8) is 0 Å². The second-order valence-corrected chi connectivity index (χ2v) is 11.7. The molecule has 6 aromatic rings. The molecule has 0 saturated carbocycles. The number of fused-ring (bicyclic) bond motifs is 2. The monoisotopic (exact) mass is 620 g/mol. The highest BCUT2D eigenvalue weighted by atomic mass is 16.2. The Labute approximate surface area is 267 Å². The van der Waals surface area contributed by atoms with Gasteiger partial charge in [0.25, 0.3) is 11.8 Å². The molecule has 12 heteroatoms. The molecule has 12 nitrogen and oxygen atoms in total. The summed E-state index contributed by atoms with van der Waals surface area (Å²) in [5, 5.41) is 15.0. The molecule has 0 saturated heterocycles. The van der Waals surface area contributed by atoms with Gasteiger partial charge in [0.15, 0.2) is 0 Å². The van der Waals surface area contributed by atoms with Crippen LogP contribution in [0.1, 0.15) is 70.2 Å². The second kappa shape index (κ2) is 12.6. The van der Waals surface area contributed by atoms with E-state index in [1.807, 2.05) is 65.8 Å². The average Bonchev–Trinajstić information content (AvgIpc) is 3.78. The van der Waals surface area contributed by atoms with E-state index >= 15 is 0 Å². The number of aromatic nitrogens is 8. The molecule has 0 atom stereocenters. The van der Waals surface area contributed by atoms with Crippen molar-refractivity contribution in [3.05, 3.63) is 82.4 Å². The average molecular weight is 621 g/mol. The zero-order valence-corrected chi connectivity index (χ0v) is 27.3. The van der Waals surface area contributed by atoms with E-state index in [9.17, 15) is 9.59 Å². The number of aryl methyl sites for hydroxylation is 8. The van der Waals surface area contributed by atoms with Crippen LogP contribution in [-0.4, -0.2) is 50.5 Å². The fraction of sp³-hybridized carbons (Fsp3) is 0.353. The Morgan fingerprint density at radius 2 is 1.26 bits per heavy atom. The molecule has 0 spiro atoms. The van der Waals surface area contributed by atoms with Crippen LogP contribution in [0.3, 0.4) is 0 Å². The van der Waals surface area contributed by atoms with Gasteiger partial charge in [-0.15, -0.1) is 0 Å². The number of rotatable bonds is 11. The topological polar surface area (TPSA) is 129 Å². The van der Waals surface area contributed by atoms with Crippen molar-refractivity contribution in [1.82, 2.24) is 38.7 Å². The van der Waals surface area contributed by atoms with Crippen LogP contribution in [0.4, 0.5) is 11.9 Å². The van der Waals surface area contributed by atoms with E-state index in [0.29, 0.717) is 49.5 Å². The number of para-hydroxylation sites is 1. The van der Waals surface area contributed by atoms with Crippen LogP contribution in [0, 0.1) is 27.7 Å². The standard InChI is InChI=1S/C34H40N10O2/c1-7-43-28(19-23(5)39-43)31(45)37-33-35-25-18-21(3)14-15-26(25)41(33)16-9-10-17-42-27-13-11-12-22(4)30(27)36-34(42)38-32(46)29-20-24(6)40-44(29)8-2/h11-15,18-20H,7-10,16-17H2,1-6H3,(H,35,37,45)(H,36,38,46). The van der Waals surface area contributed by atoms with Crippen LogP contribution in [0.15, 0.2) is 48.5 Å². The molecule has 2 N–H and O–H groups in total. The normalized spacial score (nSPS) is 11.5. The second-order valence-electron chi connectivity index (χ2n) is 11.7. The largest absolute Gasteiger partial charge is 0.310 e. The van der Waals surface area contributed by atoms with Crippen molar-refractivity contribution in [3.8, 4) is 0 Å². The Bertz CT molecular complexity index is 2080. The number of nitrogens with one attached hydrogen (secondary N) is 2. The van der Waals surface area contributed by atoms with Crippen LogP contribution in [0.2, 0.25) is 0 Å². The Hall–Kier alpha value is -5.26. The molecule has 2 aromatic carbocycles. The van der Waals surface area contributed by atoms with Gasteiger partial charge in [-0.1, -0.05) is 18.2 Å². The van der Waals surface area contributed by atoms with Crippen LogP contribution in [-0.2, 0) is 26.2 Å². The van der Waals surface area contributed by atoms with E-state index in [-0.39, 0.29) is 11.8 Å². The van der Waals surface area contributed by atoms with Crippen LogP contribution < -0.4 is 10.6 Å². The summed E-state index contributed by atoms with van der Waals surface area (Å²) in [5.74, 6) is 0.537. The minimum atomic E-state index is -0.240. The van der Waals surface area contributed by atoms with Crippen molar-refractivity contribution in [2.45, 2.75) is 80.6 Å². The summed E-state index contributed by atoms with van der Waals surface area (Å²) in [4.78, 5) is 36.3. The first kappa shape index (κ1) is 30.8. The van der Waals surface area contributed by atoms with Gasteiger partial charge >= 0.3 is 0 Å². The first-order valence-corrected chi connectivity index (χ1v) is 15.8. The Morgan fingerprint density at radius 1 is 0.696 bits per heavy atom. The third-order valence-electron chi connectivity index (χ3n) is 8.22. The number of hydrogen-bond acceptors (Lipinski definition) is 6. The zero-order valence-electron chi connectivity index (χ0n) is 27.3. The predicted molar refractivity (Wildman–Crippen MR) is 179 cm³/mol. The van der Waals surface area contributed by atoms with Gasteiger partial charge in [0.05, 0.1) is 33.5 Å². The molecular weight excluding hydrogens is 580 g/mol. The van der Waals surface area contributed by atoms with Crippen LogP contribution in [0.5, 0.6) is 0 Å². The SMILES string of the molecule is CCn1nc(C)cc1C(=O)Nc1nc2cc(C)ccc2n1CCCCn1c(NC(=O)c2cc(C)nn2CC)nc2c(C)cccc21. The summed E-state index contributed by atoms with van der Waals surface area (Å²) in [6.07, 6.45) is 1.60. The van der Waals surface area contributed by atoms with E-state index in [2.05, 4.69) is 42.1 Å². The number of nitrogens with zero attached hydrogens (tertiary/aromatic N) is 8. The smallest absolute Gasteiger partial charge is 0.276 e. The van der Waals surface area contributed by atoms with Crippen molar-refractivity contribution in [1.29, 1.82) is 0 Å². The summed E-state index contributed by atoms with van der Waals surface area (Å²) >= 11 is 0.